The molecule has 0 spiro atoms. The summed E-state index contributed by atoms with van der Waals surface area (Å²) in [4.78, 5) is 4.18. The highest BCUT2D eigenvalue weighted by atomic mass is 16.7. The van der Waals surface area contributed by atoms with Gasteiger partial charge in [-0.1, -0.05) is 6.07 Å². The summed E-state index contributed by atoms with van der Waals surface area (Å²) in [7, 11) is 0. The first kappa shape index (κ1) is 14.7. The molecule has 1 aromatic heterocycles. The van der Waals surface area contributed by atoms with Crippen LogP contribution in [0, 0.1) is 11.3 Å². The molecule has 4 N–H and O–H groups in total. The van der Waals surface area contributed by atoms with E-state index < -0.39 is 0 Å². The van der Waals surface area contributed by atoms with Crippen LogP contribution in [-0.4, -0.2) is 16.8 Å². The van der Waals surface area contributed by atoms with E-state index in [1.165, 1.54) is 5.01 Å². The maximum Gasteiger partial charge on any atom is 0.231 e. The number of allylic oxidation sites excluding steroid dienone is 1. The third kappa shape index (κ3) is 3.02. The van der Waals surface area contributed by atoms with E-state index >= 15 is 0 Å². The number of hydrogen-bond donors (Lipinski definition) is 2. The maximum absolute atomic E-state index is 9.41. The Balaban J connectivity index is 1.88. The lowest BCUT2D eigenvalue weighted by molar-refractivity contribution is 0.174. The van der Waals surface area contributed by atoms with Crippen molar-refractivity contribution in [2.45, 2.75) is 6.54 Å². The molecule has 3 rings (SSSR count). The Morgan fingerprint density at radius 1 is 1.26 bits per heavy atom. The summed E-state index contributed by atoms with van der Waals surface area (Å²) in [6.07, 6.45) is 1.67. The third-order valence-corrected chi connectivity index (χ3v) is 3.39. The molecule has 0 radical (unpaired) electrons. The molecule has 7 nitrogen and oxygen atoms in total. The van der Waals surface area contributed by atoms with Crippen molar-refractivity contribution in [1.82, 2.24) is 9.99 Å². The van der Waals surface area contributed by atoms with Crippen LogP contribution in [0.15, 0.2) is 48.3 Å². The highest BCUT2D eigenvalue weighted by molar-refractivity contribution is 5.70. The van der Waals surface area contributed by atoms with E-state index in [1.807, 2.05) is 24.3 Å². The van der Waals surface area contributed by atoms with Gasteiger partial charge in [0.25, 0.3) is 0 Å². The molecule has 2 heterocycles. The van der Waals surface area contributed by atoms with Gasteiger partial charge in [0.2, 0.25) is 6.79 Å². The standard InChI is InChI=1S/C16H15N5O2/c17-8-13(21(19)9-12-3-1-2-6-20-12)16(18)11-4-5-14-15(7-11)23-10-22-14/h1-7H,9-10,18-19H2/b16-13-. The van der Waals surface area contributed by atoms with Gasteiger partial charge in [-0.05, 0) is 30.3 Å². The lowest BCUT2D eigenvalue weighted by atomic mass is 10.1. The minimum Gasteiger partial charge on any atom is -0.454 e. The van der Waals surface area contributed by atoms with Gasteiger partial charge in [-0.15, -0.1) is 0 Å². The van der Waals surface area contributed by atoms with E-state index in [0.717, 1.165) is 5.69 Å². The molecule has 0 saturated carbocycles. The van der Waals surface area contributed by atoms with Gasteiger partial charge < -0.3 is 15.2 Å². The van der Waals surface area contributed by atoms with Crippen molar-refractivity contribution < 1.29 is 9.47 Å². The second-order valence-corrected chi connectivity index (χ2v) is 4.89. The second kappa shape index (κ2) is 6.25. The van der Waals surface area contributed by atoms with Crippen molar-refractivity contribution in [1.29, 1.82) is 5.26 Å². The van der Waals surface area contributed by atoms with Crippen LogP contribution in [0.2, 0.25) is 0 Å². The summed E-state index contributed by atoms with van der Waals surface area (Å²) in [6, 6.07) is 12.8. The van der Waals surface area contributed by atoms with E-state index in [-0.39, 0.29) is 24.7 Å². The Labute approximate surface area is 133 Å². The van der Waals surface area contributed by atoms with Crippen molar-refractivity contribution in [3.8, 4) is 17.6 Å². The number of fused-ring (bicyclic) bond motifs is 1. The van der Waals surface area contributed by atoms with Gasteiger partial charge in [0.05, 0.1) is 17.9 Å². The monoisotopic (exact) mass is 309 g/mol. The number of rotatable bonds is 4. The van der Waals surface area contributed by atoms with E-state index in [1.54, 1.807) is 24.4 Å². The Bertz CT molecular complexity index is 783. The molecule has 0 bridgehead atoms. The van der Waals surface area contributed by atoms with Gasteiger partial charge in [0, 0.05) is 11.8 Å². The molecule has 0 fully saturated rings. The average Bonchev–Trinajstić information content (AvgIpc) is 3.04. The van der Waals surface area contributed by atoms with Crippen LogP contribution >= 0.6 is 0 Å². The largest absolute Gasteiger partial charge is 0.454 e. The van der Waals surface area contributed by atoms with Crippen molar-refractivity contribution in [2.75, 3.05) is 6.79 Å². The molecule has 7 heteroatoms. The van der Waals surface area contributed by atoms with Gasteiger partial charge in [-0.2, -0.15) is 5.26 Å². The van der Waals surface area contributed by atoms with Crippen LogP contribution in [0.4, 0.5) is 0 Å². The number of nitriles is 1. The number of pyridine rings is 1. The van der Waals surface area contributed by atoms with Crippen LogP contribution in [0.5, 0.6) is 11.5 Å². The highest BCUT2D eigenvalue weighted by Crippen LogP contribution is 2.34. The minimum atomic E-state index is 0.162. The average molecular weight is 309 g/mol. The van der Waals surface area contributed by atoms with Crippen molar-refractivity contribution in [3.05, 3.63) is 59.5 Å². The third-order valence-electron chi connectivity index (χ3n) is 3.39. The lowest BCUT2D eigenvalue weighted by Gasteiger charge is -2.19. The quantitative estimate of drug-likeness (QED) is 0.498. The van der Waals surface area contributed by atoms with Crippen LogP contribution in [0.3, 0.4) is 0 Å². The Morgan fingerprint density at radius 3 is 2.83 bits per heavy atom. The van der Waals surface area contributed by atoms with E-state index in [2.05, 4.69) is 4.98 Å². The summed E-state index contributed by atoms with van der Waals surface area (Å²) >= 11 is 0. The molecule has 0 saturated heterocycles. The number of nitrogens with two attached hydrogens (primary N) is 2. The summed E-state index contributed by atoms with van der Waals surface area (Å²) < 4.78 is 10.6. The number of aromatic nitrogens is 1. The van der Waals surface area contributed by atoms with Crippen molar-refractivity contribution in [2.24, 2.45) is 11.6 Å². The molecule has 1 aliphatic rings. The minimum absolute atomic E-state index is 0.162. The van der Waals surface area contributed by atoms with E-state index in [4.69, 9.17) is 21.1 Å². The number of nitrogens with zero attached hydrogens (tertiary/aromatic N) is 3. The molecular weight excluding hydrogens is 294 g/mol. The Hall–Kier alpha value is -3.24. The zero-order valence-corrected chi connectivity index (χ0v) is 12.3. The smallest absolute Gasteiger partial charge is 0.231 e. The van der Waals surface area contributed by atoms with Crippen LogP contribution in [0.1, 0.15) is 11.3 Å². The molecule has 1 aromatic carbocycles. The molecule has 23 heavy (non-hydrogen) atoms. The van der Waals surface area contributed by atoms with Crippen molar-refractivity contribution in [3.63, 3.8) is 0 Å². The Kier molecular flexibility index (Phi) is 3.99. The zero-order valence-electron chi connectivity index (χ0n) is 12.3. The maximum atomic E-state index is 9.41. The van der Waals surface area contributed by atoms with Gasteiger partial charge in [-0.3, -0.25) is 9.99 Å². The number of hydrogen-bond acceptors (Lipinski definition) is 7. The molecule has 0 atom stereocenters. The van der Waals surface area contributed by atoms with Gasteiger partial charge in [-0.25, -0.2) is 5.84 Å². The second-order valence-electron chi connectivity index (χ2n) is 4.89. The van der Waals surface area contributed by atoms with Gasteiger partial charge >= 0.3 is 0 Å². The zero-order chi connectivity index (χ0) is 16.2. The van der Waals surface area contributed by atoms with Gasteiger partial charge in [0.1, 0.15) is 6.07 Å². The first-order chi connectivity index (χ1) is 11.2. The first-order valence-electron chi connectivity index (χ1n) is 6.91. The number of hydrazine groups is 1. The topological polar surface area (TPSA) is 110 Å². The summed E-state index contributed by atoms with van der Waals surface area (Å²) in [5, 5.41) is 10.7. The fourth-order valence-electron chi connectivity index (χ4n) is 2.23. The van der Waals surface area contributed by atoms with E-state index in [0.29, 0.717) is 17.1 Å². The van der Waals surface area contributed by atoms with Crippen LogP contribution < -0.4 is 21.1 Å². The first-order valence-corrected chi connectivity index (χ1v) is 6.91. The highest BCUT2D eigenvalue weighted by Gasteiger charge is 2.17. The molecular formula is C16H15N5O2. The molecule has 0 amide bonds. The van der Waals surface area contributed by atoms with Crippen LogP contribution in [-0.2, 0) is 6.54 Å². The molecule has 1 aliphatic heterocycles. The normalized spacial score (nSPS) is 13.2. The van der Waals surface area contributed by atoms with Crippen LogP contribution in [0.25, 0.3) is 5.70 Å². The van der Waals surface area contributed by atoms with E-state index in [9.17, 15) is 5.26 Å². The van der Waals surface area contributed by atoms with Gasteiger partial charge in [0.15, 0.2) is 17.2 Å². The molecule has 2 aromatic rings. The predicted octanol–water partition coefficient (Wildman–Crippen LogP) is 1.34. The predicted molar refractivity (Wildman–Crippen MR) is 83.3 cm³/mol. The lowest BCUT2D eigenvalue weighted by Crippen LogP contribution is -2.31. The molecule has 0 aliphatic carbocycles. The number of benzene rings is 1. The summed E-state index contributed by atoms with van der Waals surface area (Å²) in [5.74, 6) is 7.23. The molecule has 0 unspecified atom stereocenters. The fraction of sp³-hybridized carbons (Fsp3) is 0.125. The molecule has 116 valence electrons. The fourth-order valence-corrected chi connectivity index (χ4v) is 2.23. The SMILES string of the molecule is N#C/C(=C(/N)c1ccc2c(c1)OCO2)N(N)Cc1ccccn1. The number of ether oxygens (including phenoxy) is 2. The summed E-state index contributed by atoms with van der Waals surface area (Å²) in [6.45, 7) is 0.450. The Morgan fingerprint density at radius 2 is 2.09 bits per heavy atom. The summed E-state index contributed by atoms with van der Waals surface area (Å²) in [5.41, 5.74) is 7.92. The van der Waals surface area contributed by atoms with Crippen molar-refractivity contribution >= 4 is 5.70 Å².